The van der Waals surface area contributed by atoms with Crippen LogP contribution in [0.4, 0.5) is 5.69 Å². The van der Waals surface area contributed by atoms with Gasteiger partial charge in [0.2, 0.25) is 0 Å². The molecule has 0 atom stereocenters. The van der Waals surface area contributed by atoms with Gasteiger partial charge < -0.3 is 5.73 Å². The quantitative estimate of drug-likeness (QED) is 0.737. The van der Waals surface area contributed by atoms with Gasteiger partial charge in [0.15, 0.2) is 0 Å². The standard InChI is InChI=1S/C18H18N4/c1-12-5-8-16(19)10-18(12)22-11-17(20-21-22)15-7-6-13-3-2-4-14(13)9-15/h5-11H,2-4,19H2,1H3. The molecule has 0 radical (unpaired) electrons. The number of hydrogen-bond acceptors (Lipinski definition) is 3. The van der Waals surface area contributed by atoms with E-state index in [1.165, 1.54) is 30.4 Å². The third-order valence-electron chi connectivity index (χ3n) is 4.37. The molecule has 2 aromatic carbocycles. The summed E-state index contributed by atoms with van der Waals surface area (Å²) >= 11 is 0. The fourth-order valence-corrected chi connectivity index (χ4v) is 3.12. The smallest absolute Gasteiger partial charge is 0.113 e. The summed E-state index contributed by atoms with van der Waals surface area (Å²) in [5, 5.41) is 8.60. The number of aromatic nitrogens is 3. The van der Waals surface area contributed by atoms with Crippen molar-refractivity contribution in [1.29, 1.82) is 0 Å². The zero-order chi connectivity index (χ0) is 15.1. The Balaban J connectivity index is 1.74. The highest BCUT2D eigenvalue weighted by molar-refractivity contribution is 5.61. The number of aryl methyl sites for hydroxylation is 3. The lowest BCUT2D eigenvalue weighted by molar-refractivity contribution is 0.799. The number of nitrogens with zero attached hydrogens (tertiary/aromatic N) is 3. The monoisotopic (exact) mass is 290 g/mol. The minimum Gasteiger partial charge on any atom is -0.399 e. The number of benzene rings is 2. The molecule has 0 aliphatic heterocycles. The second-order valence-electron chi connectivity index (χ2n) is 5.93. The molecule has 0 unspecified atom stereocenters. The van der Waals surface area contributed by atoms with Crippen LogP contribution in [0.2, 0.25) is 0 Å². The molecule has 0 spiro atoms. The highest BCUT2D eigenvalue weighted by atomic mass is 15.4. The van der Waals surface area contributed by atoms with Crippen molar-refractivity contribution in [3.05, 3.63) is 59.3 Å². The molecule has 0 saturated carbocycles. The molecular formula is C18H18N4. The van der Waals surface area contributed by atoms with Gasteiger partial charge in [0, 0.05) is 11.3 Å². The van der Waals surface area contributed by atoms with Gasteiger partial charge in [-0.2, -0.15) is 0 Å². The molecule has 0 fully saturated rings. The Labute approximate surface area is 129 Å². The number of nitrogens with two attached hydrogens (primary N) is 1. The summed E-state index contributed by atoms with van der Waals surface area (Å²) in [6, 6.07) is 12.4. The van der Waals surface area contributed by atoms with Crippen molar-refractivity contribution in [3.8, 4) is 16.9 Å². The van der Waals surface area contributed by atoms with E-state index < -0.39 is 0 Å². The summed E-state index contributed by atoms with van der Waals surface area (Å²) in [6.45, 7) is 2.05. The van der Waals surface area contributed by atoms with Crippen molar-refractivity contribution in [1.82, 2.24) is 15.0 Å². The maximum atomic E-state index is 5.88. The summed E-state index contributed by atoms with van der Waals surface area (Å²) in [7, 11) is 0. The van der Waals surface area contributed by atoms with Crippen molar-refractivity contribution in [3.63, 3.8) is 0 Å². The van der Waals surface area contributed by atoms with Crippen LogP contribution in [0.25, 0.3) is 16.9 Å². The highest BCUT2D eigenvalue weighted by Crippen LogP contribution is 2.27. The fraction of sp³-hybridized carbons (Fsp3) is 0.222. The zero-order valence-corrected chi connectivity index (χ0v) is 12.6. The van der Waals surface area contributed by atoms with Gasteiger partial charge in [-0.15, -0.1) is 5.10 Å². The Hall–Kier alpha value is -2.62. The number of nitrogen functional groups attached to an aromatic ring is 1. The van der Waals surface area contributed by atoms with Crippen LogP contribution in [0.1, 0.15) is 23.1 Å². The second kappa shape index (κ2) is 4.98. The molecule has 2 N–H and O–H groups in total. The van der Waals surface area contributed by atoms with Crippen LogP contribution >= 0.6 is 0 Å². The average Bonchev–Trinajstić information content (AvgIpc) is 3.17. The zero-order valence-electron chi connectivity index (χ0n) is 12.6. The van der Waals surface area contributed by atoms with Crippen LogP contribution < -0.4 is 5.73 Å². The lowest BCUT2D eigenvalue weighted by Gasteiger charge is -2.05. The maximum Gasteiger partial charge on any atom is 0.113 e. The van der Waals surface area contributed by atoms with Crippen molar-refractivity contribution < 1.29 is 0 Å². The van der Waals surface area contributed by atoms with E-state index in [1.807, 2.05) is 31.3 Å². The first-order valence-corrected chi connectivity index (χ1v) is 7.62. The molecule has 1 heterocycles. The molecule has 1 aromatic heterocycles. The van der Waals surface area contributed by atoms with E-state index in [-0.39, 0.29) is 0 Å². The van der Waals surface area contributed by atoms with Crippen molar-refractivity contribution >= 4 is 5.69 Å². The first-order valence-electron chi connectivity index (χ1n) is 7.62. The van der Waals surface area contributed by atoms with Gasteiger partial charge in [0.25, 0.3) is 0 Å². The van der Waals surface area contributed by atoms with Gasteiger partial charge in [0.05, 0.1) is 11.9 Å². The molecule has 0 amide bonds. The summed E-state index contributed by atoms with van der Waals surface area (Å²) in [4.78, 5) is 0. The topological polar surface area (TPSA) is 56.7 Å². The average molecular weight is 290 g/mol. The number of anilines is 1. The Morgan fingerprint density at radius 3 is 2.82 bits per heavy atom. The van der Waals surface area contributed by atoms with E-state index >= 15 is 0 Å². The summed E-state index contributed by atoms with van der Waals surface area (Å²) < 4.78 is 1.80. The van der Waals surface area contributed by atoms with Crippen molar-refractivity contribution in [2.45, 2.75) is 26.2 Å². The molecule has 4 nitrogen and oxygen atoms in total. The number of fused-ring (bicyclic) bond motifs is 1. The molecule has 1 aliphatic carbocycles. The summed E-state index contributed by atoms with van der Waals surface area (Å²) in [6.07, 6.45) is 5.60. The molecular weight excluding hydrogens is 272 g/mol. The van der Waals surface area contributed by atoms with Crippen LogP contribution in [0.3, 0.4) is 0 Å². The van der Waals surface area contributed by atoms with E-state index in [1.54, 1.807) is 4.68 Å². The first-order chi connectivity index (χ1) is 10.7. The largest absolute Gasteiger partial charge is 0.399 e. The number of rotatable bonds is 2. The lowest BCUT2D eigenvalue weighted by atomic mass is 10.0. The normalized spacial score (nSPS) is 13.3. The molecule has 0 bridgehead atoms. The SMILES string of the molecule is Cc1ccc(N)cc1-n1cc(-c2ccc3c(c2)CCC3)nn1. The molecule has 3 aromatic rings. The third-order valence-corrected chi connectivity index (χ3v) is 4.37. The first kappa shape index (κ1) is 13.1. The van der Waals surface area contributed by atoms with Crippen LogP contribution in [-0.4, -0.2) is 15.0 Å². The highest BCUT2D eigenvalue weighted by Gasteiger charge is 2.13. The summed E-state index contributed by atoms with van der Waals surface area (Å²) in [5.74, 6) is 0. The Morgan fingerprint density at radius 2 is 1.91 bits per heavy atom. The van der Waals surface area contributed by atoms with Crippen LogP contribution in [0.5, 0.6) is 0 Å². The minimum atomic E-state index is 0.732. The van der Waals surface area contributed by atoms with Gasteiger partial charge in [-0.3, -0.25) is 0 Å². The molecule has 22 heavy (non-hydrogen) atoms. The van der Waals surface area contributed by atoms with E-state index in [0.29, 0.717) is 0 Å². The Kier molecular flexibility index (Phi) is 2.96. The molecule has 1 aliphatic rings. The molecule has 4 rings (SSSR count). The third kappa shape index (κ3) is 2.17. The predicted molar refractivity (Wildman–Crippen MR) is 88.0 cm³/mol. The van der Waals surface area contributed by atoms with E-state index in [4.69, 9.17) is 5.73 Å². The fourth-order valence-electron chi connectivity index (χ4n) is 3.12. The van der Waals surface area contributed by atoms with Crippen molar-refractivity contribution in [2.75, 3.05) is 5.73 Å². The molecule has 110 valence electrons. The molecule has 4 heteroatoms. The number of hydrogen-bond donors (Lipinski definition) is 1. The van der Waals surface area contributed by atoms with E-state index in [9.17, 15) is 0 Å². The second-order valence-corrected chi connectivity index (χ2v) is 5.93. The van der Waals surface area contributed by atoms with Gasteiger partial charge in [-0.25, -0.2) is 4.68 Å². The Bertz CT molecular complexity index is 848. The summed E-state index contributed by atoms with van der Waals surface area (Å²) in [5.41, 5.74) is 13.7. The maximum absolute atomic E-state index is 5.88. The van der Waals surface area contributed by atoms with Gasteiger partial charge in [0.1, 0.15) is 5.69 Å². The van der Waals surface area contributed by atoms with Crippen LogP contribution in [0.15, 0.2) is 42.6 Å². The van der Waals surface area contributed by atoms with E-state index in [0.717, 1.165) is 28.2 Å². The van der Waals surface area contributed by atoms with Gasteiger partial charge in [-0.1, -0.05) is 23.4 Å². The van der Waals surface area contributed by atoms with Crippen molar-refractivity contribution in [2.24, 2.45) is 0 Å². The molecule has 0 saturated heterocycles. The lowest BCUT2D eigenvalue weighted by Crippen LogP contribution is -1.99. The van der Waals surface area contributed by atoms with Crippen LogP contribution in [-0.2, 0) is 12.8 Å². The predicted octanol–water partition coefficient (Wildman–Crippen LogP) is 3.31. The van der Waals surface area contributed by atoms with Crippen LogP contribution in [0, 0.1) is 6.92 Å². The minimum absolute atomic E-state index is 0.732. The van der Waals surface area contributed by atoms with Gasteiger partial charge >= 0.3 is 0 Å². The van der Waals surface area contributed by atoms with Gasteiger partial charge in [-0.05, 0) is 61.1 Å². The van der Waals surface area contributed by atoms with E-state index in [2.05, 4.69) is 28.5 Å². The Morgan fingerprint density at radius 1 is 1.05 bits per heavy atom.